The first-order valence-electron chi connectivity index (χ1n) is 7.49. The minimum Gasteiger partial charge on any atom is -0.497 e. The monoisotopic (exact) mass is 288 g/mol. The van der Waals surface area contributed by atoms with Crippen molar-refractivity contribution in [1.82, 2.24) is 5.32 Å². The Hall–Kier alpha value is -2.04. The molecular formula is C16H20N2O3. The summed E-state index contributed by atoms with van der Waals surface area (Å²) in [5.41, 5.74) is 0.594. The molecule has 1 aromatic rings. The fraction of sp³-hybridized carbons (Fsp3) is 0.500. The molecule has 3 amide bonds. The number of hydrogen-bond acceptors (Lipinski definition) is 3. The van der Waals surface area contributed by atoms with Crippen molar-refractivity contribution in [2.24, 2.45) is 5.92 Å². The molecule has 1 atom stereocenters. The third-order valence-corrected chi connectivity index (χ3v) is 4.42. The van der Waals surface area contributed by atoms with Gasteiger partial charge in [-0.25, -0.2) is 9.69 Å². The fourth-order valence-electron chi connectivity index (χ4n) is 3.26. The number of ether oxygens (including phenoxy) is 1. The van der Waals surface area contributed by atoms with Crippen LogP contribution in [0.25, 0.3) is 0 Å². The summed E-state index contributed by atoms with van der Waals surface area (Å²) in [4.78, 5) is 26.0. The summed E-state index contributed by atoms with van der Waals surface area (Å²) in [6.07, 6.45) is 5.56. The third kappa shape index (κ3) is 2.60. The summed E-state index contributed by atoms with van der Waals surface area (Å²) in [5.74, 6) is 0.852. The lowest BCUT2D eigenvalue weighted by molar-refractivity contribution is -0.119. The minimum atomic E-state index is -0.361. The Balaban J connectivity index is 1.79. The van der Waals surface area contributed by atoms with Gasteiger partial charge in [-0.05, 0) is 43.0 Å². The second-order valence-electron chi connectivity index (χ2n) is 5.70. The van der Waals surface area contributed by atoms with Crippen LogP contribution in [0.1, 0.15) is 32.1 Å². The van der Waals surface area contributed by atoms with Crippen molar-refractivity contribution in [1.29, 1.82) is 0 Å². The Morgan fingerprint density at radius 1 is 1.10 bits per heavy atom. The Morgan fingerprint density at radius 2 is 1.76 bits per heavy atom. The maximum Gasteiger partial charge on any atom is 0.329 e. The van der Waals surface area contributed by atoms with Gasteiger partial charge in [-0.15, -0.1) is 0 Å². The van der Waals surface area contributed by atoms with Gasteiger partial charge in [-0.2, -0.15) is 0 Å². The standard InChI is InChI=1S/C16H20N2O3/c1-21-13-9-7-12(8-10-13)18-15(19)14(17-16(18)20)11-5-3-2-4-6-11/h7-11,14H,2-6H2,1H3,(H,17,20). The number of rotatable bonds is 3. The second kappa shape index (κ2) is 5.76. The van der Waals surface area contributed by atoms with Crippen LogP contribution in [0.4, 0.5) is 10.5 Å². The van der Waals surface area contributed by atoms with Crippen LogP contribution in [-0.2, 0) is 4.79 Å². The van der Waals surface area contributed by atoms with Crippen LogP contribution in [0, 0.1) is 5.92 Å². The highest BCUT2D eigenvalue weighted by Gasteiger charge is 2.43. The first-order chi connectivity index (χ1) is 10.2. The zero-order chi connectivity index (χ0) is 14.8. The summed E-state index contributed by atoms with van der Waals surface area (Å²) in [6.45, 7) is 0. The lowest BCUT2D eigenvalue weighted by atomic mass is 9.84. The van der Waals surface area contributed by atoms with Gasteiger partial charge < -0.3 is 10.1 Å². The van der Waals surface area contributed by atoms with Crippen molar-refractivity contribution in [3.05, 3.63) is 24.3 Å². The van der Waals surface area contributed by atoms with Crippen LogP contribution in [-0.4, -0.2) is 25.1 Å². The van der Waals surface area contributed by atoms with Crippen molar-refractivity contribution in [3.8, 4) is 5.75 Å². The topological polar surface area (TPSA) is 58.6 Å². The highest BCUT2D eigenvalue weighted by Crippen LogP contribution is 2.31. The lowest BCUT2D eigenvalue weighted by Gasteiger charge is -2.25. The molecule has 21 heavy (non-hydrogen) atoms. The number of anilines is 1. The van der Waals surface area contributed by atoms with E-state index in [9.17, 15) is 9.59 Å². The van der Waals surface area contributed by atoms with E-state index < -0.39 is 0 Å². The molecule has 1 aromatic carbocycles. The Bertz CT molecular complexity index is 535. The van der Waals surface area contributed by atoms with Crippen LogP contribution in [0.15, 0.2) is 24.3 Å². The van der Waals surface area contributed by atoms with E-state index in [0.29, 0.717) is 11.4 Å². The largest absolute Gasteiger partial charge is 0.497 e. The minimum absolute atomic E-state index is 0.128. The molecule has 1 saturated carbocycles. The van der Waals surface area contributed by atoms with Crippen molar-refractivity contribution < 1.29 is 14.3 Å². The van der Waals surface area contributed by atoms with E-state index in [-0.39, 0.29) is 23.9 Å². The molecule has 0 aromatic heterocycles. The molecule has 0 spiro atoms. The van der Waals surface area contributed by atoms with Gasteiger partial charge in [0.05, 0.1) is 12.8 Å². The zero-order valence-electron chi connectivity index (χ0n) is 12.2. The van der Waals surface area contributed by atoms with Crippen LogP contribution in [0.2, 0.25) is 0 Å². The summed E-state index contributed by atoms with van der Waals surface area (Å²) in [7, 11) is 1.59. The number of carbonyl (C=O) groups excluding carboxylic acids is 2. The zero-order valence-corrected chi connectivity index (χ0v) is 12.2. The van der Waals surface area contributed by atoms with E-state index in [4.69, 9.17) is 4.74 Å². The number of urea groups is 1. The number of nitrogens with zero attached hydrogens (tertiary/aromatic N) is 1. The number of hydrogen-bond donors (Lipinski definition) is 1. The lowest BCUT2D eigenvalue weighted by Crippen LogP contribution is -2.38. The molecule has 0 radical (unpaired) electrons. The van der Waals surface area contributed by atoms with E-state index in [0.717, 1.165) is 25.7 Å². The maximum absolute atomic E-state index is 12.6. The Morgan fingerprint density at radius 3 is 2.38 bits per heavy atom. The van der Waals surface area contributed by atoms with Gasteiger partial charge in [0.15, 0.2) is 0 Å². The summed E-state index contributed by atoms with van der Waals surface area (Å²) in [6, 6.07) is 6.30. The maximum atomic E-state index is 12.6. The average Bonchev–Trinajstić information content (AvgIpc) is 2.83. The van der Waals surface area contributed by atoms with E-state index >= 15 is 0 Å². The number of imide groups is 1. The molecule has 1 aliphatic carbocycles. The molecule has 1 unspecified atom stereocenters. The Labute approximate surface area is 124 Å². The molecule has 1 N–H and O–H groups in total. The molecular weight excluding hydrogens is 268 g/mol. The summed E-state index contributed by atoms with van der Waals surface area (Å²) >= 11 is 0. The van der Waals surface area contributed by atoms with Gasteiger partial charge in [0.2, 0.25) is 0 Å². The van der Waals surface area contributed by atoms with Gasteiger partial charge in [0.1, 0.15) is 11.8 Å². The van der Waals surface area contributed by atoms with Crippen molar-refractivity contribution in [3.63, 3.8) is 0 Å². The van der Waals surface area contributed by atoms with Crippen LogP contribution < -0.4 is 15.0 Å². The number of amides is 3. The highest BCUT2D eigenvalue weighted by molar-refractivity contribution is 6.21. The predicted molar refractivity (Wildman–Crippen MR) is 79.4 cm³/mol. The van der Waals surface area contributed by atoms with E-state index in [1.807, 2.05) is 0 Å². The summed E-state index contributed by atoms with van der Waals surface area (Å²) in [5, 5.41) is 2.86. The smallest absolute Gasteiger partial charge is 0.329 e. The second-order valence-corrected chi connectivity index (χ2v) is 5.70. The molecule has 1 saturated heterocycles. The first kappa shape index (κ1) is 13.9. The third-order valence-electron chi connectivity index (χ3n) is 4.42. The molecule has 0 bridgehead atoms. The quantitative estimate of drug-likeness (QED) is 0.870. The molecule has 3 rings (SSSR count). The predicted octanol–water partition coefficient (Wildman–Crippen LogP) is 2.70. The molecule has 1 heterocycles. The van der Waals surface area contributed by atoms with Crippen LogP contribution in [0.5, 0.6) is 5.75 Å². The van der Waals surface area contributed by atoms with Gasteiger partial charge in [-0.3, -0.25) is 4.79 Å². The molecule has 2 aliphatic rings. The fourth-order valence-corrected chi connectivity index (χ4v) is 3.26. The first-order valence-corrected chi connectivity index (χ1v) is 7.49. The van der Waals surface area contributed by atoms with Gasteiger partial charge in [-0.1, -0.05) is 19.3 Å². The number of carbonyl (C=O) groups is 2. The van der Waals surface area contributed by atoms with Gasteiger partial charge >= 0.3 is 6.03 Å². The molecule has 1 aliphatic heterocycles. The SMILES string of the molecule is COc1ccc(N2C(=O)NC(C3CCCCC3)C2=O)cc1. The van der Waals surface area contributed by atoms with Gasteiger partial charge in [0.25, 0.3) is 5.91 Å². The Kier molecular flexibility index (Phi) is 3.82. The summed E-state index contributed by atoms with van der Waals surface area (Å²) < 4.78 is 5.10. The number of benzene rings is 1. The molecule has 2 fully saturated rings. The normalized spacial score (nSPS) is 23.3. The molecule has 112 valence electrons. The highest BCUT2D eigenvalue weighted by atomic mass is 16.5. The van der Waals surface area contributed by atoms with Crippen molar-refractivity contribution in [2.75, 3.05) is 12.0 Å². The number of methoxy groups -OCH3 is 1. The van der Waals surface area contributed by atoms with Gasteiger partial charge in [0, 0.05) is 0 Å². The van der Waals surface area contributed by atoms with Crippen LogP contribution in [0.3, 0.4) is 0 Å². The van der Waals surface area contributed by atoms with E-state index in [1.165, 1.54) is 11.3 Å². The molecule has 5 heteroatoms. The number of nitrogens with one attached hydrogen (secondary N) is 1. The van der Waals surface area contributed by atoms with Crippen molar-refractivity contribution in [2.45, 2.75) is 38.1 Å². The van der Waals surface area contributed by atoms with E-state index in [2.05, 4.69) is 5.32 Å². The van der Waals surface area contributed by atoms with Crippen LogP contribution >= 0.6 is 0 Å². The van der Waals surface area contributed by atoms with E-state index in [1.54, 1.807) is 31.4 Å². The van der Waals surface area contributed by atoms with Crippen molar-refractivity contribution >= 4 is 17.6 Å². The average molecular weight is 288 g/mol. The molecule has 5 nitrogen and oxygen atoms in total.